The molecule has 0 spiro atoms. The van der Waals surface area contributed by atoms with Gasteiger partial charge >= 0.3 is 13.2 Å². The van der Waals surface area contributed by atoms with Crippen molar-refractivity contribution < 1.29 is 23.6 Å². The van der Waals surface area contributed by atoms with E-state index in [4.69, 9.17) is 14.0 Å². The fourth-order valence-electron chi connectivity index (χ4n) is 3.71. The highest BCUT2D eigenvalue weighted by molar-refractivity contribution is 6.62. The molecule has 0 N–H and O–H groups in total. The molecule has 2 fully saturated rings. The first-order valence-electron chi connectivity index (χ1n) is 10.9. The number of rotatable bonds is 2. The maximum atomic E-state index is 13.2. The number of piperazine rings is 1. The number of hydrogen-bond acceptors (Lipinski definition) is 5. The first-order chi connectivity index (χ1) is 14.2. The average Bonchev–Trinajstić information content (AvgIpc) is 2.87. The Bertz CT molecular complexity index is 833. The second kappa shape index (κ2) is 8.13. The van der Waals surface area contributed by atoms with E-state index in [0.717, 1.165) is 5.46 Å². The minimum absolute atomic E-state index is 0.0611. The quantitative estimate of drug-likeness (QED) is 0.675. The molecule has 0 aliphatic carbocycles. The van der Waals surface area contributed by atoms with Crippen LogP contribution in [0.3, 0.4) is 0 Å². The molecule has 31 heavy (non-hydrogen) atoms. The van der Waals surface area contributed by atoms with E-state index in [1.54, 1.807) is 9.80 Å². The van der Waals surface area contributed by atoms with Crippen LogP contribution in [0.15, 0.2) is 24.3 Å². The van der Waals surface area contributed by atoms with E-state index in [1.807, 2.05) is 79.7 Å². The zero-order valence-electron chi connectivity index (χ0n) is 20.0. The van der Waals surface area contributed by atoms with E-state index >= 15 is 0 Å². The summed E-state index contributed by atoms with van der Waals surface area (Å²) >= 11 is 0. The molecular weight excluding hydrogens is 395 g/mol. The van der Waals surface area contributed by atoms with E-state index in [9.17, 15) is 9.59 Å². The lowest BCUT2D eigenvalue weighted by Crippen LogP contribution is -2.56. The van der Waals surface area contributed by atoms with Crippen molar-refractivity contribution in [2.75, 3.05) is 19.6 Å². The van der Waals surface area contributed by atoms with Crippen LogP contribution in [-0.2, 0) is 14.0 Å². The SMILES string of the molecule is CC1CN(C(=O)c2cccc(B3OC(C)(C)C(C)(C)O3)c2)CCN1C(=O)OC(C)(C)C. The summed E-state index contributed by atoms with van der Waals surface area (Å²) in [6.07, 6.45) is -0.338. The Kier molecular flexibility index (Phi) is 6.19. The summed E-state index contributed by atoms with van der Waals surface area (Å²) in [4.78, 5) is 29.1. The van der Waals surface area contributed by atoms with Crippen molar-refractivity contribution in [3.63, 3.8) is 0 Å². The van der Waals surface area contributed by atoms with Crippen LogP contribution in [-0.4, -0.2) is 71.4 Å². The van der Waals surface area contributed by atoms with Gasteiger partial charge in [-0.25, -0.2) is 4.79 Å². The minimum atomic E-state index is -0.544. The Morgan fingerprint density at radius 2 is 1.71 bits per heavy atom. The molecule has 3 rings (SSSR count). The molecule has 1 aromatic carbocycles. The third-order valence-corrected chi connectivity index (χ3v) is 6.20. The van der Waals surface area contributed by atoms with E-state index in [1.165, 1.54) is 0 Å². The Morgan fingerprint density at radius 3 is 2.26 bits per heavy atom. The van der Waals surface area contributed by atoms with Gasteiger partial charge in [-0.15, -0.1) is 0 Å². The Morgan fingerprint density at radius 1 is 1.10 bits per heavy atom. The minimum Gasteiger partial charge on any atom is -0.444 e. The van der Waals surface area contributed by atoms with Gasteiger partial charge < -0.3 is 23.8 Å². The molecule has 0 bridgehead atoms. The Labute approximate surface area is 186 Å². The van der Waals surface area contributed by atoms with Crippen LogP contribution in [0.1, 0.15) is 65.7 Å². The highest BCUT2D eigenvalue weighted by atomic mass is 16.7. The highest BCUT2D eigenvalue weighted by Gasteiger charge is 2.51. The van der Waals surface area contributed by atoms with Crippen LogP contribution >= 0.6 is 0 Å². The summed E-state index contributed by atoms with van der Waals surface area (Å²) in [5.41, 5.74) is -0.0106. The fourth-order valence-corrected chi connectivity index (χ4v) is 3.71. The first kappa shape index (κ1) is 23.6. The molecule has 0 saturated carbocycles. The van der Waals surface area contributed by atoms with Gasteiger partial charge in [-0.05, 0) is 73.0 Å². The summed E-state index contributed by atoms with van der Waals surface area (Å²) < 4.78 is 17.7. The molecule has 0 aromatic heterocycles. The molecule has 1 unspecified atom stereocenters. The topological polar surface area (TPSA) is 68.3 Å². The van der Waals surface area contributed by atoms with E-state index in [2.05, 4.69) is 0 Å². The first-order valence-corrected chi connectivity index (χ1v) is 10.9. The third kappa shape index (κ3) is 5.06. The van der Waals surface area contributed by atoms with Crippen LogP contribution in [0, 0.1) is 0 Å². The van der Waals surface area contributed by atoms with E-state index in [-0.39, 0.29) is 18.0 Å². The number of carbonyl (C=O) groups is 2. The van der Waals surface area contributed by atoms with Crippen LogP contribution in [0.5, 0.6) is 0 Å². The summed E-state index contributed by atoms with van der Waals surface area (Å²) in [5.74, 6) is -0.0611. The normalized spacial score (nSPS) is 23.1. The predicted molar refractivity (Wildman–Crippen MR) is 120 cm³/mol. The van der Waals surface area contributed by atoms with Crippen molar-refractivity contribution in [3.8, 4) is 0 Å². The molecule has 2 aliphatic heterocycles. The second-order valence-electron chi connectivity index (χ2n) is 10.5. The molecule has 2 saturated heterocycles. The number of amides is 2. The average molecular weight is 430 g/mol. The molecule has 170 valence electrons. The van der Waals surface area contributed by atoms with Crippen LogP contribution in [0.25, 0.3) is 0 Å². The van der Waals surface area contributed by atoms with Crippen molar-refractivity contribution in [2.45, 2.75) is 78.2 Å². The molecule has 7 nitrogen and oxygen atoms in total. The molecule has 0 radical (unpaired) electrons. The molecular formula is C23H35BN2O5. The summed E-state index contributed by atoms with van der Waals surface area (Å²) in [6.45, 7) is 16.9. The van der Waals surface area contributed by atoms with Crippen LogP contribution < -0.4 is 5.46 Å². The van der Waals surface area contributed by atoms with Crippen molar-refractivity contribution >= 4 is 24.6 Å². The van der Waals surface area contributed by atoms with Crippen LogP contribution in [0.2, 0.25) is 0 Å². The predicted octanol–water partition coefficient (Wildman–Crippen LogP) is 3.07. The molecule has 1 atom stereocenters. The summed E-state index contributed by atoms with van der Waals surface area (Å²) in [7, 11) is -0.513. The third-order valence-electron chi connectivity index (χ3n) is 6.20. The van der Waals surface area contributed by atoms with Gasteiger partial charge in [0.2, 0.25) is 0 Å². The maximum absolute atomic E-state index is 13.2. The Hall–Kier alpha value is -2.06. The number of carbonyl (C=O) groups excluding carboxylic acids is 2. The van der Waals surface area contributed by atoms with E-state index in [0.29, 0.717) is 25.2 Å². The monoisotopic (exact) mass is 430 g/mol. The standard InChI is InChI=1S/C23H35BN2O5/c1-16-15-25(12-13-26(16)20(28)29-21(2,3)4)19(27)17-10-9-11-18(14-17)24-30-22(5,6)23(7,8)31-24/h9-11,14,16H,12-13,15H2,1-8H3. The highest BCUT2D eigenvalue weighted by Crippen LogP contribution is 2.36. The smallest absolute Gasteiger partial charge is 0.444 e. The molecule has 8 heteroatoms. The van der Waals surface area contributed by atoms with Gasteiger partial charge in [0.1, 0.15) is 5.60 Å². The van der Waals surface area contributed by atoms with Gasteiger partial charge in [0.15, 0.2) is 0 Å². The molecule has 2 aliphatic rings. The lowest BCUT2D eigenvalue weighted by atomic mass is 9.78. The zero-order chi connectivity index (χ0) is 23.2. The lowest BCUT2D eigenvalue weighted by molar-refractivity contribution is 0.00198. The molecule has 2 heterocycles. The molecule has 1 aromatic rings. The number of benzene rings is 1. The second-order valence-corrected chi connectivity index (χ2v) is 10.5. The maximum Gasteiger partial charge on any atom is 0.494 e. The zero-order valence-corrected chi connectivity index (χ0v) is 20.0. The van der Waals surface area contributed by atoms with Gasteiger partial charge in [-0.1, -0.05) is 12.1 Å². The van der Waals surface area contributed by atoms with Gasteiger partial charge in [0.05, 0.1) is 11.2 Å². The number of nitrogens with zero attached hydrogens (tertiary/aromatic N) is 2. The van der Waals surface area contributed by atoms with Crippen molar-refractivity contribution in [1.29, 1.82) is 0 Å². The fraction of sp³-hybridized carbons (Fsp3) is 0.652. The summed E-state index contributed by atoms with van der Waals surface area (Å²) in [6, 6.07) is 7.30. The van der Waals surface area contributed by atoms with Crippen LogP contribution in [0.4, 0.5) is 4.79 Å². The van der Waals surface area contributed by atoms with Gasteiger partial charge in [0.25, 0.3) is 5.91 Å². The van der Waals surface area contributed by atoms with Crippen molar-refractivity contribution in [1.82, 2.24) is 9.80 Å². The summed E-state index contributed by atoms with van der Waals surface area (Å²) in [5, 5.41) is 0. The number of ether oxygens (including phenoxy) is 1. The van der Waals surface area contributed by atoms with Gasteiger partial charge in [-0.2, -0.15) is 0 Å². The largest absolute Gasteiger partial charge is 0.494 e. The van der Waals surface area contributed by atoms with Crippen molar-refractivity contribution in [2.24, 2.45) is 0 Å². The van der Waals surface area contributed by atoms with Gasteiger partial charge in [-0.3, -0.25) is 4.79 Å². The molecule has 2 amide bonds. The number of hydrogen-bond donors (Lipinski definition) is 0. The van der Waals surface area contributed by atoms with Gasteiger partial charge in [0, 0.05) is 31.2 Å². The lowest BCUT2D eigenvalue weighted by Gasteiger charge is -2.40. The van der Waals surface area contributed by atoms with Crippen molar-refractivity contribution in [3.05, 3.63) is 29.8 Å². The van der Waals surface area contributed by atoms with E-state index < -0.39 is 23.9 Å². The Balaban J connectivity index is 1.68.